The van der Waals surface area contributed by atoms with Gasteiger partial charge < -0.3 is 5.32 Å². The van der Waals surface area contributed by atoms with Crippen LogP contribution in [0.3, 0.4) is 0 Å². The number of nitrogens with zero attached hydrogens (tertiary/aromatic N) is 2. The maximum atomic E-state index is 13.7. The molecule has 0 amide bonds. The summed E-state index contributed by atoms with van der Waals surface area (Å²) in [6.45, 7) is 2.41. The maximum absolute atomic E-state index is 13.7. The van der Waals surface area contributed by atoms with E-state index in [0.29, 0.717) is 12.2 Å². The first-order valence-corrected chi connectivity index (χ1v) is 5.27. The van der Waals surface area contributed by atoms with Gasteiger partial charge in [-0.3, -0.25) is 0 Å². The fourth-order valence-electron chi connectivity index (χ4n) is 1.69. The third-order valence-corrected chi connectivity index (χ3v) is 2.43. The van der Waals surface area contributed by atoms with E-state index in [1.54, 1.807) is 0 Å². The molecule has 90 valence electrons. The van der Waals surface area contributed by atoms with Crippen LogP contribution in [-0.2, 0) is 0 Å². The second kappa shape index (κ2) is 5.01. The Hall–Kier alpha value is -1.82. The van der Waals surface area contributed by atoms with E-state index in [2.05, 4.69) is 20.7 Å². The first-order valence-electron chi connectivity index (χ1n) is 5.27. The Morgan fingerprint density at radius 3 is 2.59 bits per heavy atom. The number of aromatic nitrogens is 3. The van der Waals surface area contributed by atoms with Crippen molar-refractivity contribution in [1.82, 2.24) is 20.7 Å². The van der Waals surface area contributed by atoms with Gasteiger partial charge in [-0.1, -0.05) is 13.0 Å². The van der Waals surface area contributed by atoms with Crippen LogP contribution in [-0.4, -0.2) is 22.0 Å². The molecule has 0 aliphatic rings. The van der Waals surface area contributed by atoms with Gasteiger partial charge in [-0.15, -0.1) is 0 Å². The molecular formula is C11H12F2N4. The van der Waals surface area contributed by atoms with E-state index in [0.717, 1.165) is 0 Å². The van der Waals surface area contributed by atoms with Crippen LogP contribution in [0.15, 0.2) is 24.4 Å². The van der Waals surface area contributed by atoms with E-state index in [1.807, 2.05) is 6.92 Å². The quantitative estimate of drug-likeness (QED) is 0.853. The summed E-state index contributed by atoms with van der Waals surface area (Å²) < 4.78 is 27.4. The molecule has 1 aromatic heterocycles. The molecule has 0 spiro atoms. The normalized spacial score (nSPS) is 12.6. The molecule has 4 nitrogen and oxygen atoms in total. The molecule has 17 heavy (non-hydrogen) atoms. The minimum Gasteiger partial charge on any atom is -0.305 e. The maximum Gasteiger partial charge on any atom is 0.131 e. The van der Waals surface area contributed by atoms with Gasteiger partial charge in [0.1, 0.15) is 17.3 Å². The van der Waals surface area contributed by atoms with Crippen LogP contribution in [0.4, 0.5) is 8.78 Å². The van der Waals surface area contributed by atoms with Gasteiger partial charge in [0.2, 0.25) is 0 Å². The van der Waals surface area contributed by atoms with Crippen molar-refractivity contribution in [2.45, 2.75) is 13.0 Å². The van der Waals surface area contributed by atoms with Crippen molar-refractivity contribution in [1.29, 1.82) is 0 Å². The molecule has 0 radical (unpaired) electrons. The van der Waals surface area contributed by atoms with E-state index in [-0.39, 0.29) is 5.56 Å². The molecule has 0 saturated carbocycles. The number of halogens is 2. The van der Waals surface area contributed by atoms with Crippen LogP contribution in [0.25, 0.3) is 0 Å². The van der Waals surface area contributed by atoms with Gasteiger partial charge in [0.05, 0.1) is 12.2 Å². The van der Waals surface area contributed by atoms with Gasteiger partial charge in [-0.05, 0) is 18.7 Å². The lowest BCUT2D eigenvalue weighted by atomic mass is 10.0. The van der Waals surface area contributed by atoms with Crippen LogP contribution < -0.4 is 5.32 Å². The summed E-state index contributed by atoms with van der Waals surface area (Å²) in [6.07, 6.45) is 1.44. The lowest BCUT2D eigenvalue weighted by Crippen LogP contribution is -2.24. The summed E-state index contributed by atoms with van der Waals surface area (Å²) in [4.78, 5) is 0. The zero-order valence-corrected chi connectivity index (χ0v) is 9.24. The Bertz CT molecular complexity index is 464. The van der Waals surface area contributed by atoms with Gasteiger partial charge in [-0.25, -0.2) is 8.78 Å². The van der Waals surface area contributed by atoms with Gasteiger partial charge in [-0.2, -0.15) is 15.4 Å². The topological polar surface area (TPSA) is 53.6 Å². The first kappa shape index (κ1) is 11.7. The van der Waals surface area contributed by atoms with E-state index >= 15 is 0 Å². The van der Waals surface area contributed by atoms with Crippen LogP contribution in [0.2, 0.25) is 0 Å². The number of hydrogen-bond donors (Lipinski definition) is 2. The fraction of sp³-hybridized carbons (Fsp3) is 0.273. The first-order chi connectivity index (χ1) is 8.24. The molecule has 0 saturated heterocycles. The average molecular weight is 238 g/mol. The summed E-state index contributed by atoms with van der Waals surface area (Å²) in [5.41, 5.74) is 0.416. The SMILES string of the molecule is CCNC(c1cn[nH]n1)c1c(F)cccc1F. The molecule has 2 N–H and O–H groups in total. The van der Waals surface area contributed by atoms with Crippen molar-refractivity contribution < 1.29 is 8.78 Å². The monoisotopic (exact) mass is 238 g/mol. The van der Waals surface area contributed by atoms with Crippen LogP contribution in [0.1, 0.15) is 24.2 Å². The Balaban J connectivity index is 2.46. The molecule has 0 aliphatic heterocycles. The molecule has 0 fully saturated rings. The Morgan fingerprint density at radius 1 is 1.35 bits per heavy atom. The van der Waals surface area contributed by atoms with E-state index in [9.17, 15) is 8.78 Å². The molecule has 1 heterocycles. The highest BCUT2D eigenvalue weighted by Gasteiger charge is 2.22. The Morgan fingerprint density at radius 2 is 2.06 bits per heavy atom. The second-order valence-corrected chi connectivity index (χ2v) is 3.52. The second-order valence-electron chi connectivity index (χ2n) is 3.52. The van der Waals surface area contributed by atoms with Gasteiger partial charge in [0.25, 0.3) is 0 Å². The van der Waals surface area contributed by atoms with Crippen LogP contribution in [0.5, 0.6) is 0 Å². The lowest BCUT2D eigenvalue weighted by Gasteiger charge is -2.16. The zero-order valence-electron chi connectivity index (χ0n) is 9.24. The Labute approximate surface area is 97.0 Å². The molecule has 2 aromatic rings. The highest BCUT2D eigenvalue weighted by Crippen LogP contribution is 2.24. The predicted octanol–water partition coefficient (Wildman–Crippen LogP) is 1.78. The van der Waals surface area contributed by atoms with Crippen molar-refractivity contribution >= 4 is 0 Å². The summed E-state index contributed by atoms with van der Waals surface area (Å²) in [6, 6.07) is 3.14. The van der Waals surface area contributed by atoms with Crippen LogP contribution >= 0.6 is 0 Å². The third-order valence-electron chi connectivity index (χ3n) is 2.43. The third kappa shape index (κ3) is 2.31. The predicted molar refractivity (Wildman–Crippen MR) is 58.3 cm³/mol. The molecule has 1 unspecified atom stereocenters. The number of benzene rings is 1. The number of rotatable bonds is 4. The molecule has 0 aliphatic carbocycles. The number of aromatic amines is 1. The molecule has 2 rings (SSSR count). The van der Waals surface area contributed by atoms with Gasteiger partial charge >= 0.3 is 0 Å². The summed E-state index contributed by atoms with van der Waals surface area (Å²) >= 11 is 0. The molecule has 6 heteroatoms. The van der Waals surface area contributed by atoms with Crippen molar-refractivity contribution in [3.05, 3.63) is 47.3 Å². The van der Waals surface area contributed by atoms with E-state index in [1.165, 1.54) is 24.4 Å². The minimum absolute atomic E-state index is 0.0387. The highest BCUT2D eigenvalue weighted by molar-refractivity contribution is 5.29. The van der Waals surface area contributed by atoms with Crippen molar-refractivity contribution in [3.8, 4) is 0 Å². The zero-order chi connectivity index (χ0) is 12.3. The summed E-state index contributed by atoms with van der Waals surface area (Å²) in [7, 11) is 0. The molecule has 0 bridgehead atoms. The largest absolute Gasteiger partial charge is 0.305 e. The van der Waals surface area contributed by atoms with Gasteiger partial charge in [0.15, 0.2) is 0 Å². The highest BCUT2D eigenvalue weighted by atomic mass is 19.1. The van der Waals surface area contributed by atoms with Crippen molar-refractivity contribution in [2.24, 2.45) is 0 Å². The fourth-order valence-corrected chi connectivity index (χ4v) is 1.69. The van der Waals surface area contributed by atoms with Crippen molar-refractivity contribution in [3.63, 3.8) is 0 Å². The summed E-state index contributed by atoms with van der Waals surface area (Å²) in [5, 5.41) is 12.9. The molecule has 1 aromatic carbocycles. The van der Waals surface area contributed by atoms with Crippen LogP contribution in [0, 0.1) is 11.6 Å². The molecular weight excluding hydrogens is 226 g/mol. The van der Waals surface area contributed by atoms with E-state index in [4.69, 9.17) is 0 Å². The standard InChI is InChI=1S/C11H12F2N4/c1-2-14-11(9-6-15-17-16-9)10-7(12)4-3-5-8(10)13/h3-6,11,14H,2H2,1H3,(H,15,16,17). The lowest BCUT2D eigenvalue weighted by molar-refractivity contribution is 0.505. The average Bonchev–Trinajstić information content (AvgIpc) is 2.80. The smallest absolute Gasteiger partial charge is 0.131 e. The summed E-state index contributed by atoms with van der Waals surface area (Å²) in [5.74, 6) is -1.20. The van der Waals surface area contributed by atoms with Crippen molar-refractivity contribution in [2.75, 3.05) is 6.54 Å². The number of hydrogen-bond acceptors (Lipinski definition) is 3. The van der Waals surface area contributed by atoms with Gasteiger partial charge in [0, 0.05) is 5.56 Å². The minimum atomic E-state index is -0.639. The number of nitrogens with one attached hydrogen (secondary N) is 2. The number of H-pyrrole nitrogens is 1. The van der Waals surface area contributed by atoms with E-state index < -0.39 is 17.7 Å². The Kier molecular flexibility index (Phi) is 3.43. The molecule has 1 atom stereocenters.